The summed E-state index contributed by atoms with van der Waals surface area (Å²) in [5.74, 6) is 0.852. The second-order valence-electron chi connectivity index (χ2n) is 6.44. The monoisotopic (exact) mass is 341 g/mol. The van der Waals surface area contributed by atoms with E-state index in [1.165, 1.54) is 42.3 Å². The van der Waals surface area contributed by atoms with E-state index in [4.69, 9.17) is 5.73 Å². The predicted molar refractivity (Wildman–Crippen MR) is 87.7 cm³/mol. The van der Waals surface area contributed by atoms with E-state index < -0.39 is 0 Å². The molecule has 0 aliphatic heterocycles. The molecule has 1 heterocycles. The van der Waals surface area contributed by atoms with Gasteiger partial charge in [-0.2, -0.15) is 5.10 Å². The molecular formula is C16H28BrN3. The molecule has 1 fully saturated rings. The van der Waals surface area contributed by atoms with Crippen molar-refractivity contribution in [1.29, 1.82) is 0 Å². The van der Waals surface area contributed by atoms with Crippen molar-refractivity contribution in [2.24, 2.45) is 24.1 Å². The minimum absolute atomic E-state index is 0.278. The molecular weight excluding hydrogens is 314 g/mol. The molecule has 2 N–H and O–H groups in total. The number of hydrogen-bond acceptors (Lipinski definition) is 2. The smallest absolute Gasteiger partial charge is 0.0766 e. The van der Waals surface area contributed by atoms with Crippen LogP contribution in [0.4, 0.5) is 0 Å². The van der Waals surface area contributed by atoms with Crippen molar-refractivity contribution in [3.8, 4) is 0 Å². The molecule has 4 heteroatoms. The normalized spacial score (nSPS) is 26.9. The van der Waals surface area contributed by atoms with Gasteiger partial charge in [-0.15, -0.1) is 0 Å². The van der Waals surface area contributed by atoms with Crippen molar-refractivity contribution in [2.45, 2.75) is 58.8 Å². The summed E-state index contributed by atoms with van der Waals surface area (Å²) in [6.45, 7) is 5.26. The number of rotatable bonds is 5. The maximum Gasteiger partial charge on any atom is 0.0766 e. The van der Waals surface area contributed by atoms with Gasteiger partial charge < -0.3 is 5.73 Å². The highest BCUT2D eigenvalue weighted by atomic mass is 79.9. The first-order valence-electron chi connectivity index (χ1n) is 7.95. The molecule has 0 aromatic carbocycles. The van der Waals surface area contributed by atoms with Gasteiger partial charge in [-0.3, -0.25) is 4.68 Å². The van der Waals surface area contributed by atoms with Crippen LogP contribution in [0.15, 0.2) is 4.47 Å². The zero-order valence-electron chi connectivity index (χ0n) is 13.1. The van der Waals surface area contributed by atoms with E-state index in [-0.39, 0.29) is 5.41 Å². The standard InChI is InChI=1S/C16H28BrN3/c1-4-12-7-6-8-16(9-12,11-18)10-14-15(17)13(5-2)19-20(14)3/h12H,4-11,18H2,1-3H3. The number of aromatic nitrogens is 2. The SMILES string of the molecule is CCc1nn(C)c(CC2(CN)CCCC(CC)C2)c1Br. The maximum absolute atomic E-state index is 6.20. The molecule has 114 valence electrons. The van der Waals surface area contributed by atoms with Crippen LogP contribution in [0, 0.1) is 11.3 Å². The van der Waals surface area contributed by atoms with Crippen molar-refractivity contribution < 1.29 is 0 Å². The summed E-state index contributed by atoms with van der Waals surface area (Å²) >= 11 is 3.75. The Balaban J connectivity index is 2.23. The highest BCUT2D eigenvalue weighted by Crippen LogP contribution is 2.43. The van der Waals surface area contributed by atoms with Gasteiger partial charge in [0.2, 0.25) is 0 Å². The van der Waals surface area contributed by atoms with E-state index in [0.29, 0.717) is 0 Å². The van der Waals surface area contributed by atoms with Crippen LogP contribution in [-0.2, 0) is 19.9 Å². The van der Waals surface area contributed by atoms with Crippen molar-refractivity contribution >= 4 is 15.9 Å². The molecule has 2 atom stereocenters. The third-order valence-corrected chi connectivity index (χ3v) is 6.01. The first-order chi connectivity index (χ1) is 9.55. The second-order valence-corrected chi connectivity index (χ2v) is 7.23. The summed E-state index contributed by atoms with van der Waals surface area (Å²) in [7, 11) is 2.06. The van der Waals surface area contributed by atoms with Crippen molar-refractivity contribution in [3.05, 3.63) is 15.9 Å². The number of nitrogens with zero attached hydrogens (tertiary/aromatic N) is 2. The van der Waals surface area contributed by atoms with Crippen molar-refractivity contribution in [2.75, 3.05) is 6.54 Å². The molecule has 20 heavy (non-hydrogen) atoms. The van der Waals surface area contributed by atoms with Gasteiger partial charge in [0, 0.05) is 7.05 Å². The summed E-state index contributed by atoms with van der Waals surface area (Å²) in [6.07, 6.45) is 8.56. The number of nitrogens with two attached hydrogens (primary N) is 1. The summed E-state index contributed by atoms with van der Waals surface area (Å²) < 4.78 is 3.25. The lowest BCUT2D eigenvalue weighted by molar-refractivity contribution is 0.139. The van der Waals surface area contributed by atoms with E-state index in [2.05, 4.69) is 46.6 Å². The Labute approximate surface area is 131 Å². The van der Waals surface area contributed by atoms with Crippen LogP contribution in [0.1, 0.15) is 57.3 Å². The number of aryl methyl sites for hydroxylation is 2. The highest BCUT2D eigenvalue weighted by molar-refractivity contribution is 9.10. The Kier molecular flexibility index (Phi) is 5.30. The first-order valence-corrected chi connectivity index (χ1v) is 8.74. The zero-order chi connectivity index (χ0) is 14.8. The Morgan fingerprint density at radius 2 is 2.20 bits per heavy atom. The minimum atomic E-state index is 0.278. The molecule has 2 rings (SSSR count). The Morgan fingerprint density at radius 3 is 2.75 bits per heavy atom. The molecule has 2 unspecified atom stereocenters. The van der Waals surface area contributed by atoms with Gasteiger partial charge in [-0.25, -0.2) is 0 Å². The van der Waals surface area contributed by atoms with Gasteiger partial charge in [0.15, 0.2) is 0 Å². The lowest BCUT2D eigenvalue weighted by Gasteiger charge is -2.40. The first kappa shape index (κ1) is 16.0. The topological polar surface area (TPSA) is 43.8 Å². The van der Waals surface area contributed by atoms with Crippen LogP contribution < -0.4 is 5.73 Å². The fourth-order valence-corrected chi connectivity index (χ4v) is 4.47. The van der Waals surface area contributed by atoms with Gasteiger partial charge in [0.05, 0.1) is 15.9 Å². The molecule has 0 bridgehead atoms. The van der Waals surface area contributed by atoms with E-state index in [9.17, 15) is 0 Å². The second kappa shape index (κ2) is 6.61. The third kappa shape index (κ3) is 3.11. The summed E-state index contributed by atoms with van der Waals surface area (Å²) in [5.41, 5.74) is 8.96. The lowest BCUT2D eigenvalue weighted by atomic mass is 9.66. The average molecular weight is 342 g/mol. The summed E-state index contributed by atoms with van der Waals surface area (Å²) in [4.78, 5) is 0. The highest BCUT2D eigenvalue weighted by Gasteiger charge is 2.36. The Bertz CT molecular complexity index is 455. The maximum atomic E-state index is 6.20. The van der Waals surface area contributed by atoms with Crippen LogP contribution >= 0.6 is 15.9 Å². The zero-order valence-corrected chi connectivity index (χ0v) is 14.7. The molecule has 1 aromatic heterocycles. The van der Waals surface area contributed by atoms with Gasteiger partial charge in [-0.1, -0.05) is 33.1 Å². The number of halogens is 1. The quantitative estimate of drug-likeness (QED) is 0.884. The van der Waals surface area contributed by atoms with Crippen LogP contribution in [0.2, 0.25) is 0 Å². The molecule has 1 aromatic rings. The fraction of sp³-hybridized carbons (Fsp3) is 0.812. The largest absolute Gasteiger partial charge is 0.330 e. The molecule has 1 aliphatic carbocycles. The Hall–Kier alpha value is -0.350. The van der Waals surface area contributed by atoms with Gasteiger partial charge >= 0.3 is 0 Å². The van der Waals surface area contributed by atoms with E-state index in [1.54, 1.807) is 0 Å². The van der Waals surface area contributed by atoms with Crippen molar-refractivity contribution in [1.82, 2.24) is 9.78 Å². The summed E-state index contributed by atoms with van der Waals surface area (Å²) in [6, 6.07) is 0. The molecule has 0 saturated heterocycles. The minimum Gasteiger partial charge on any atom is -0.330 e. The predicted octanol–water partition coefficient (Wildman–Crippen LogP) is 3.83. The van der Waals surface area contributed by atoms with E-state index >= 15 is 0 Å². The molecule has 0 radical (unpaired) electrons. The lowest BCUT2D eigenvalue weighted by Crippen LogP contribution is -2.38. The van der Waals surface area contributed by atoms with Gasteiger partial charge in [0.25, 0.3) is 0 Å². The third-order valence-electron chi connectivity index (χ3n) is 5.10. The molecule has 0 spiro atoms. The van der Waals surface area contributed by atoms with Crippen LogP contribution in [0.5, 0.6) is 0 Å². The fourth-order valence-electron chi connectivity index (χ4n) is 3.72. The van der Waals surface area contributed by atoms with E-state index in [0.717, 1.165) is 31.0 Å². The molecule has 0 amide bonds. The summed E-state index contributed by atoms with van der Waals surface area (Å²) in [5, 5.41) is 4.63. The molecule has 3 nitrogen and oxygen atoms in total. The van der Waals surface area contributed by atoms with Gasteiger partial charge in [0.1, 0.15) is 0 Å². The molecule has 1 aliphatic rings. The van der Waals surface area contributed by atoms with E-state index in [1.807, 2.05) is 0 Å². The Morgan fingerprint density at radius 1 is 1.45 bits per heavy atom. The van der Waals surface area contributed by atoms with Gasteiger partial charge in [-0.05, 0) is 59.5 Å². The van der Waals surface area contributed by atoms with Crippen LogP contribution in [0.3, 0.4) is 0 Å². The van der Waals surface area contributed by atoms with Crippen LogP contribution in [-0.4, -0.2) is 16.3 Å². The molecule has 1 saturated carbocycles. The van der Waals surface area contributed by atoms with Crippen LogP contribution in [0.25, 0.3) is 0 Å². The number of hydrogen-bond donors (Lipinski definition) is 1. The van der Waals surface area contributed by atoms with Crippen molar-refractivity contribution in [3.63, 3.8) is 0 Å². The average Bonchev–Trinajstić information content (AvgIpc) is 2.74.